The van der Waals surface area contributed by atoms with Gasteiger partial charge in [0.1, 0.15) is 4.90 Å². The first-order valence-corrected chi connectivity index (χ1v) is 7.92. The van der Waals surface area contributed by atoms with Crippen LogP contribution in [-0.4, -0.2) is 32.3 Å². The van der Waals surface area contributed by atoms with Crippen LogP contribution in [0, 0.1) is 0 Å². The summed E-state index contributed by atoms with van der Waals surface area (Å²) in [4.78, 5) is 13.5. The van der Waals surface area contributed by atoms with E-state index in [0.29, 0.717) is 13.1 Å². The van der Waals surface area contributed by atoms with Crippen molar-refractivity contribution in [2.75, 3.05) is 13.1 Å². The molecule has 1 heterocycles. The van der Waals surface area contributed by atoms with Crippen molar-refractivity contribution in [2.24, 2.45) is 5.14 Å². The van der Waals surface area contributed by atoms with Gasteiger partial charge in [0.2, 0.25) is 10.0 Å². The van der Waals surface area contributed by atoms with Crippen LogP contribution >= 0.6 is 23.2 Å². The van der Waals surface area contributed by atoms with Crippen LogP contribution in [-0.2, 0) is 10.0 Å². The van der Waals surface area contributed by atoms with Crippen LogP contribution in [0.1, 0.15) is 23.2 Å². The molecule has 2 rings (SSSR count). The number of primary sulfonamides is 1. The molecule has 1 fully saturated rings. The largest absolute Gasteiger partial charge is 0.339 e. The number of benzene rings is 1. The van der Waals surface area contributed by atoms with Gasteiger partial charge in [-0.25, -0.2) is 13.6 Å². The Kier molecular flexibility index (Phi) is 4.06. The van der Waals surface area contributed by atoms with Crippen molar-refractivity contribution in [1.29, 1.82) is 0 Å². The van der Waals surface area contributed by atoms with Crippen molar-refractivity contribution < 1.29 is 13.2 Å². The maximum absolute atomic E-state index is 12.2. The van der Waals surface area contributed by atoms with Gasteiger partial charge in [-0.3, -0.25) is 4.79 Å². The van der Waals surface area contributed by atoms with Crippen molar-refractivity contribution in [1.82, 2.24) is 4.90 Å². The monoisotopic (exact) mass is 322 g/mol. The van der Waals surface area contributed by atoms with Gasteiger partial charge in [0, 0.05) is 18.7 Å². The van der Waals surface area contributed by atoms with Gasteiger partial charge in [0.15, 0.2) is 0 Å². The van der Waals surface area contributed by atoms with Crippen molar-refractivity contribution in [3.8, 4) is 0 Å². The molecule has 1 aromatic rings. The first-order chi connectivity index (χ1) is 8.80. The second-order valence-corrected chi connectivity index (χ2v) is 6.63. The molecule has 0 spiro atoms. The number of rotatable bonds is 2. The Labute approximate surface area is 121 Å². The molecule has 0 unspecified atom stereocenters. The molecule has 5 nitrogen and oxygen atoms in total. The molecule has 2 N–H and O–H groups in total. The third-order valence-corrected chi connectivity index (χ3v) is 4.79. The predicted octanol–water partition coefficient (Wildman–Crippen LogP) is 1.88. The maximum atomic E-state index is 12.2. The summed E-state index contributed by atoms with van der Waals surface area (Å²) in [5.74, 6) is -0.263. The quantitative estimate of drug-likeness (QED) is 0.902. The van der Waals surface area contributed by atoms with E-state index in [-0.39, 0.29) is 26.4 Å². The van der Waals surface area contributed by atoms with Gasteiger partial charge in [0.25, 0.3) is 5.91 Å². The fraction of sp³-hybridized carbons (Fsp3) is 0.364. The molecule has 19 heavy (non-hydrogen) atoms. The summed E-state index contributed by atoms with van der Waals surface area (Å²) in [6, 6.07) is 2.53. The Morgan fingerprint density at radius 3 is 2.32 bits per heavy atom. The molecular weight excluding hydrogens is 311 g/mol. The summed E-state index contributed by atoms with van der Waals surface area (Å²) >= 11 is 11.7. The van der Waals surface area contributed by atoms with Crippen molar-refractivity contribution in [2.45, 2.75) is 17.7 Å². The minimum Gasteiger partial charge on any atom is -0.339 e. The summed E-state index contributed by atoms with van der Waals surface area (Å²) in [6.07, 6.45) is 1.88. The number of likely N-dealkylation sites (tertiary alicyclic amines) is 1. The number of carbonyl (C=O) groups is 1. The Morgan fingerprint density at radius 1 is 1.21 bits per heavy atom. The number of halogens is 2. The van der Waals surface area contributed by atoms with Crippen LogP contribution in [0.15, 0.2) is 17.0 Å². The van der Waals surface area contributed by atoms with Crippen LogP contribution in [0.3, 0.4) is 0 Å². The summed E-state index contributed by atoms with van der Waals surface area (Å²) in [5.41, 5.74) is 0.181. The summed E-state index contributed by atoms with van der Waals surface area (Å²) in [5, 5.41) is 4.88. The van der Waals surface area contributed by atoms with Crippen LogP contribution in [0.25, 0.3) is 0 Å². The van der Waals surface area contributed by atoms with Gasteiger partial charge in [-0.05, 0) is 25.0 Å². The standard InChI is InChI=1S/C11H12Cl2N2O3S/c12-8-5-7(11(16)15-3-1-2-4-15)6-9(10(8)13)19(14,17)18/h5-6H,1-4H2,(H2,14,17,18). The van der Waals surface area contributed by atoms with Crippen LogP contribution in [0.5, 0.6) is 0 Å². The second-order valence-electron chi connectivity index (χ2n) is 4.31. The highest BCUT2D eigenvalue weighted by Gasteiger charge is 2.24. The number of carbonyl (C=O) groups excluding carboxylic acids is 1. The molecule has 0 atom stereocenters. The molecule has 1 aromatic carbocycles. The molecular formula is C11H12Cl2N2O3S. The Hall–Kier alpha value is -0.820. The van der Waals surface area contributed by atoms with E-state index in [1.165, 1.54) is 12.1 Å². The highest BCUT2D eigenvalue weighted by atomic mass is 35.5. The fourth-order valence-corrected chi connectivity index (χ4v) is 3.36. The lowest BCUT2D eigenvalue weighted by Gasteiger charge is -2.16. The Morgan fingerprint density at radius 2 is 1.79 bits per heavy atom. The van der Waals surface area contributed by atoms with Gasteiger partial charge < -0.3 is 4.90 Å². The molecule has 0 aromatic heterocycles. The van der Waals surface area contributed by atoms with Crippen LogP contribution < -0.4 is 5.14 Å². The molecule has 8 heteroatoms. The Balaban J connectivity index is 2.48. The van der Waals surface area contributed by atoms with E-state index in [9.17, 15) is 13.2 Å². The lowest BCUT2D eigenvalue weighted by atomic mass is 10.2. The van der Waals surface area contributed by atoms with Crippen molar-refractivity contribution in [3.63, 3.8) is 0 Å². The number of hydrogen-bond donors (Lipinski definition) is 1. The first kappa shape index (κ1) is 14.6. The lowest BCUT2D eigenvalue weighted by Crippen LogP contribution is -2.28. The summed E-state index contributed by atoms with van der Waals surface area (Å²) in [6.45, 7) is 1.31. The molecule has 104 valence electrons. The Bertz CT molecular complexity index is 625. The predicted molar refractivity (Wildman–Crippen MR) is 73.0 cm³/mol. The minimum absolute atomic E-state index is 0.00395. The van der Waals surface area contributed by atoms with Gasteiger partial charge in [-0.15, -0.1) is 0 Å². The lowest BCUT2D eigenvalue weighted by molar-refractivity contribution is 0.0792. The molecule has 1 aliphatic rings. The van der Waals surface area contributed by atoms with Gasteiger partial charge in [-0.2, -0.15) is 0 Å². The smallest absolute Gasteiger partial charge is 0.253 e. The molecule has 1 saturated heterocycles. The zero-order valence-electron chi connectivity index (χ0n) is 9.90. The third kappa shape index (κ3) is 3.02. The van der Waals surface area contributed by atoms with Crippen LogP contribution in [0.2, 0.25) is 10.0 Å². The molecule has 0 saturated carbocycles. The van der Waals surface area contributed by atoms with Gasteiger partial charge in [-0.1, -0.05) is 23.2 Å². The topological polar surface area (TPSA) is 80.5 Å². The molecule has 0 radical (unpaired) electrons. The highest BCUT2D eigenvalue weighted by Crippen LogP contribution is 2.31. The SMILES string of the molecule is NS(=O)(=O)c1cc(C(=O)N2CCCC2)cc(Cl)c1Cl. The van der Waals surface area contributed by atoms with E-state index in [4.69, 9.17) is 28.3 Å². The average Bonchev–Trinajstić information content (AvgIpc) is 2.83. The van der Waals surface area contributed by atoms with E-state index in [1.54, 1.807) is 4.90 Å². The molecule has 1 aliphatic heterocycles. The number of nitrogens with zero attached hydrogens (tertiary/aromatic N) is 1. The first-order valence-electron chi connectivity index (χ1n) is 5.62. The van der Waals surface area contributed by atoms with E-state index in [0.717, 1.165) is 12.8 Å². The summed E-state index contributed by atoms with van der Waals surface area (Å²) in [7, 11) is -4.02. The van der Waals surface area contributed by atoms with E-state index < -0.39 is 10.0 Å². The summed E-state index contributed by atoms with van der Waals surface area (Å²) < 4.78 is 22.8. The van der Waals surface area contributed by atoms with Crippen LogP contribution in [0.4, 0.5) is 0 Å². The number of hydrogen-bond acceptors (Lipinski definition) is 3. The molecule has 1 amide bonds. The zero-order chi connectivity index (χ0) is 14.2. The average molecular weight is 323 g/mol. The highest BCUT2D eigenvalue weighted by molar-refractivity contribution is 7.89. The maximum Gasteiger partial charge on any atom is 0.253 e. The normalized spacial score (nSPS) is 15.8. The number of amides is 1. The van der Waals surface area contributed by atoms with Crippen molar-refractivity contribution >= 4 is 39.1 Å². The van der Waals surface area contributed by atoms with Gasteiger partial charge in [0.05, 0.1) is 10.0 Å². The van der Waals surface area contributed by atoms with E-state index in [1.807, 2.05) is 0 Å². The zero-order valence-corrected chi connectivity index (χ0v) is 12.2. The number of nitrogens with two attached hydrogens (primary N) is 1. The minimum atomic E-state index is -4.02. The second kappa shape index (κ2) is 5.28. The fourth-order valence-electron chi connectivity index (χ4n) is 2.00. The van der Waals surface area contributed by atoms with E-state index >= 15 is 0 Å². The third-order valence-electron chi connectivity index (χ3n) is 2.94. The van der Waals surface area contributed by atoms with Crippen molar-refractivity contribution in [3.05, 3.63) is 27.7 Å². The molecule has 0 aliphatic carbocycles. The van der Waals surface area contributed by atoms with E-state index in [2.05, 4.69) is 0 Å². The number of sulfonamides is 1. The van der Waals surface area contributed by atoms with Gasteiger partial charge >= 0.3 is 0 Å². The molecule has 0 bridgehead atoms.